The van der Waals surface area contributed by atoms with Gasteiger partial charge in [-0.3, -0.25) is 4.79 Å². The van der Waals surface area contributed by atoms with Gasteiger partial charge in [-0.25, -0.2) is 4.98 Å². The van der Waals surface area contributed by atoms with E-state index in [1.165, 1.54) is 0 Å². The molecule has 0 spiro atoms. The van der Waals surface area contributed by atoms with Crippen LogP contribution in [0.15, 0.2) is 12.4 Å². The first-order chi connectivity index (χ1) is 5.77. The molecule has 1 aromatic heterocycles. The van der Waals surface area contributed by atoms with Gasteiger partial charge in [-0.2, -0.15) is 0 Å². The zero-order chi connectivity index (χ0) is 8.55. The number of amides is 1. The summed E-state index contributed by atoms with van der Waals surface area (Å²) < 4.78 is 0. The van der Waals surface area contributed by atoms with Crippen LogP contribution >= 0.6 is 12.2 Å². The van der Waals surface area contributed by atoms with E-state index < -0.39 is 6.04 Å². The summed E-state index contributed by atoms with van der Waals surface area (Å²) in [6.07, 6.45) is 3.25. The van der Waals surface area contributed by atoms with Crippen LogP contribution in [0, 0.1) is 0 Å². The van der Waals surface area contributed by atoms with E-state index >= 15 is 0 Å². The van der Waals surface area contributed by atoms with E-state index in [2.05, 4.69) is 20.6 Å². The SMILES string of the molecule is O=C1NC(=S)NC1c1ncc[nH]1. The van der Waals surface area contributed by atoms with E-state index in [9.17, 15) is 4.79 Å². The molecule has 2 heterocycles. The molecule has 1 saturated heterocycles. The minimum Gasteiger partial charge on any atom is -0.346 e. The maximum atomic E-state index is 11.2. The van der Waals surface area contributed by atoms with Crippen LogP contribution in [0.5, 0.6) is 0 Å². The molecule has 0 aromatic carbocycles. The van der Waals surface area contributed by atoms with Crippen LogP contribution in [0.4, 0.5) is 0 Å². The molecular weight excluding hydrogens is 176 g/mol. The minimum atomic E-state index is -0.465. The maximum absolute atomic E-state index is 11.2. The van der Waals surface area contributed by atoms with Crippen molar-refractivity contribution in [1.29, 1.82) is 0 Å². The lowest BCUT2D eigenvalue weighted by atomic mass is 10.3. The van der Waals surface area contributed by atoms with E-state index in [-0.39, 0.29) is 5.91 Å². The monoisotopic (exact) mass is 182 g/mol. The highest BCUT2D eigenvalue weighted by molar-refractivity contribution is 7.80. The zero-order valence-corrected chi connectivity index (χ0v) is 6.81. The van der Waals surface area contributed by atoms with E-state index in [0.29, 0.717) is 10.9 Å². The van der Waals surface area contributed by atoms with Gasteiger partial charge < -0.3 is 15.6 Å². The van der Waals surface area contributed by atoms with Gasteiger partial charge in [-0.1, -0.05) is 0 Å². The van der Waals surface area contributed by atoms with Crippen LogP contribution in [0.25, 0.3) is 0 Å². The smallest absolute Gasteiger partial charge is 0.256 e. The Labute approximate surface area is 73.6 Å². The lowest BCUT2D eigenvalue weighted by Crippen LogP contribution is -2.21. The first kappa shape index (κ1) is 7.23. The zero-order valence-electron chi connectivity index (χ0n) is 6.00. The summed E-state index contributed by atoms with van der Waals surface area (Å²) >= 11 is 4.76. The van der Waals surface area contributed by atoms with Gasteiger partial charge in [0, 0.05) is 12.4 Å². The van der Waals surface area contributed by atoms with Gasteiger partial charge in [0.25, 0.3) is 5.91 Å². The molecule has 2 rings (SSSR count). The molecule has 0 bridgehead atoms. The lowest BCUT2D eigenvalue weighted by Gasteiger charge is -2.01. The van der Waals surface area contributed by atoms with Crippen molar-refractivity contribution in [3.63, 3.8) is 0 Å². The van der Waals surface area contributed by atoms with Crippen molar-refractivity contribution < 1.29 is 4.79 Å². The molecule has 6 heteroatoms. The first-order valence-electron chi connectivity index (χ1n) is 3.38. The van der Waals surface area contributed by atoms with Gasteiger partial charge in [-0.15, -0.1) is 0 Å². The van der Waals surface area contributed by atoms with Crippen molar-refractivity contribution in [3.8, 4) is 0 Å². The summed E-state index contributed by atoms with van der Waals surface area (Å²) in [5, 5.41) is 5.61. The first-order valence-corrected chi connectivity index (χ1v) is 3.79. The van der Waals surface area contributed by atoms with E-state index in [1.807, 2.05) is 0 Å². The largest absolute Gasteiger partial charge is 0.346 e. The molecule has 1 aliphatic rings. The Morgan fingerprint density at radius 3 is 2.92 bits per heavy atom. The average molecular weight is 182 g/mol. The van der Waals surface area contributed by atoms with Crippen molar-refractivity contribution in [1.82, 2.24) is 20.6 Å². The number of rotatable bonds is 1. The second kappa shape index (κ2) is 2.56. The second-order valence-corrected chi connectivity index (χ2v) is 2.78. The van der Waals surface area contributed by atoms with Gasteiger partial charge in [0.15, 0.2) is 11.2 Å². The summed E-state index contributed by atoms with van der Waals surface area (Å²) in [6.45, 7) is 0. The Bertz CT molecular complexity index is 320. The number of thiocarbonyl (C=S) groups is 1. The Morgan fingerprint density at radius 1 is 1.58 bits per heavy atom. The number of carbonyl (C=O) groups excluding carboxylic acids is 1. The predicted octanol–water partition coefficient (Wildman–Crippen LogP) is -0.545. The molecule has 0 saturated carbocycles. The van der Waals surface area contributed by atoms with Crippen LogP contribution in [0.3, 0.4) is 0 Å². The predicted molar refractivity (Wildman–Crippen MR) is 45.2 cm³/mol. The molecule has 62 valence electrons. The second-order valence-electron chi connectivity index (χ2n) is 2.37. The van der Waals surface area contributed by atoms with Crippen LogP contribution in [-0.4, -0.2) is 21.0 Å². The van der Waals surface area contributed by atoms with Crippen LogP contribution in [0.1, 0.15) is 11.9 Å². The summed E-state index contributed by atoms with van der Waals surface area (Å²) in [6, 6.07) is -0.465. The molecule has 1 aromatic rings. The fraction of sp³-hybridized carbons (Fsp3) is 0.167. The fourth-order valence-corrected chi connectivity index (χ4v) is 1.26. The molecule has 1 atom stereocenters. The lowest BCUT2D eigenvalue weighted by molar-refractivity contribution is -0.120. The average Bonchev–Trinajstić information content (AvgIpc) is 2.58. The molecule has 0 aliphatic carbocycles. The number of aromatic amines is 1. The topological polar surface area (TPSA) is 69.8 Å². The molecule has 1 aliphatic heterocycles. The standard InChI is InChI=1S/C6H6N4OS/c11-5-3(9-6(12)10-5)4-7-1-2-8-4/h1-3H,(H,7,8)(H2,9,10,11,12). The number of nitrogens with zero attached hydrogens (tertiary/aromatic N) is 1. The molecular formula is C6H6N4OS. The Morgan fingerprint density at radius 2 is 2.42 bits per heavy atom. The highest BCUT2D eigenvalue weighted by atomic mass is 32.1. The van der Waals surface area contributed by atoms with Crippen LogP contribution in [-0.2, 0) is 4.79 Å². The molecule has 12 heavy (non-hydrogen) atoms. The van der Waals surface area contributed by atoms with E-state index in [1.54, 1.807) is 12.4 Å². The minimum absolute atomic E-state index is 0.171. The van der Waals surface area contributed by atoms with E-state index in [0.717, 1.165) is 0 Å². The summed E-state index contributed by atoms with van der Waals surface area (Å²) in [4.78, 5) is 17.9. The third-order valence-electron chi connectivity index (χ3n) is 1.57. The van der Waals surface area contributed by atoms with Crippen molar-refractivity contribution in [2.24, 2.45) is 0 Å². The third-order valence-corrected chi connectivity index (χ3v) is 1.79. The Hall–Kier alpha value is -1.43. The number of imidazole rings is 1. The molecule has 1 unspecified atom stereocenters. The van der Waals surface area contributed by atoms with Crippen molar-refractivity contribution in [3.05, 3.63) is 18.2 Å². The molecule has 3 N–H and O–H groups in total. The molecule has 0 radical (unpaired) electrons. The van der Waals surface area contributed by atoms with Gasteiger partial charge >= 0.3 is 0 Å². The summed E-state index contributed by atoms with van der Waals surface area (Å²) in [5.74, 6) is 0.405. The Balaban J connectivity index is 2.26. The molecule has 5 nitrogen and oxygen atoms in total. The number of carbonyl (C=O) groups is 1. The van der Waals surface area contributed by atoms with Crippen LogP contribution in [0.2, 0.25) is 0 Å². The van der Waals surface area contributed by atoms with Crippen molar-refractivity contribution >= 4 is 23.2 Å². The summed E-state index contributed by atoms with van der Waals surface area (Å²) in [5.41, 5.74) is 0. The van der Waals surface area contributed by atoms with Gasteiger partial charge in [0.1, 0.15) is 5.82 Å². The van der Waals surface area contributed by atoms with Gasteiger partial charge in [-0.05, 0) is 12.2 Å². The molecule has 1 fully saturated rings. The molecule has 1 amide bonds. The maximum Gasteiger partial charge on any atom is 0.256 e. The quantitative estimate of drug-likeness (QED) is 0.510. The van der Waals surface area contributed by atoms with Crippen LogP contribution < -0.4 is 10.6 Å². The number of hydrogen-bond donors (Lipinski definition) is 3. The summed E-state index contributed by atoms with van der Waals surface area (Å²) in [7, 11) is 0. The number of hydrogen-bond acceptors (Lipinski definition) is 3. The van der Waals surface area contributed by atoms with Gasteiger partial charge in [0.2, 0.25) is 0 Å². The Kier molecular flexibility index (Phi) is 1.54. The van der Waals surface area contributed by atoms with Crippen molar-refractivity contribution in [2.75, 3.05) is 0 Å². The third kappa shape index (κ3) is 1.06. The normalized spacial score (nSPS) is 22.2. The highest BCUT2D eigenvalue weighted by Gasteiger charge is 2.30. The number of H-pyrrole nitrogens is 1. The van der Waals surface area contributed by atoms with Gasteiger partial charge in [0.05, 0.1) is 0 Å². The van der Waals surface area contributed by atoms with E-state index in [4.69, 9.17) is 12.2 Å². The number of nitrogens with one attached hydrogen (secondary N) is 3. The fourth-order valence-electron chi connectivity index (χ4n) is 1.04. The number of aromatic nitrogens is 2. The van der Waals surface area contributed by atoms with Crippen molar-refractivity contribution in [2.45, 2.75) is 6.04 Å². The highest BCUT2D eigenvalue weighted by Crippen LogP contribution is 2.10.